The second kappa shape index (κ2) is 4.71. The lowest BCUT2D eigenvalue weighted by molar-refractivity contribution is 0.790. The molecule has 2 nitrogen and oxygen atoms in total. The highest BCUT2D eigenvalue weighted by molar-refractivity contribution is 6.16. The lowest BCUT2D eigenvalue weighted by atomic mass is 10.1. The fraction of sp³-hybridized carbons (Fsp3) is 0.308. The molecule has 0 N–H and O–H groups in total. The molecule has 0 fully saturated rings. The Morgan fingerprint density at radius 3 is 2.81 bits per heavy atom. The number of rotatable bonds is 3. The van der Waals surface area contributed by atoms with Gasteiger partial charge in [0.25, 0.3) is 0 Å². The summed E-state index contributed by atoms with van der Waals surface area (Å²) in [5, 5.41) is 0. The number of nitrogens with zero attached hydrogens (tertiary/aromatic N) is 2. The Morgan fingerprint density at radius 1 is 1.31 bits per heavy atom. The average molecular weight is 235 g/mol. The van der Waals surface area contributed by atoms with Gasteiger partial charge in [0.15, 0.2) is 0 Å². The van der Waals surface area contributed by atoms with Gasteiger partial charge in [-0.05, 0) is 25.0 Å². The van der Waals surface area contributed by atoms with E-state index in [1.165, 1.54) is 16.7 Å². The topological polar surface area (TPSA) is 17.8 Å². The standard InChI is InChI=1S/C13H15ClN2/c1-10-3-4-11(2)12(5-10)7-16-8-13(6-14)15-9-16/h3-5,8-9H,6-7H2,1-2H3. The third-order valence-corrected chi connectivity index (χ3v) is 2.96. The molecule has 1 aromatic carbocycles. The molecule has 1 heterocycles. The summed E-state index contributed by atoms with van der Waals surface area (Å²) in [6, 6.07) is 6.51. The third kappa shape index (κ3) is 2.45. The SMILES string of the molecule is Cc1ccc(C)c(Cn2cnc(CCl)c2)c1. The summed E-state index contributed by atoms with van der Waals surface area (Å²) in [5.74, 6) is 0.472. The van der Waals surface area contributed by atoms with E-state index in [0.717, 1.165) is 12.2 Å². The van der Waals surface area contributed by atoms with Gasteiger partial charge in [0.2, 0.25) is 0 Å². The zero-order valence-electron chi connectivity index (χ0n) is 9.57. The number of alkyl halides is 1. The van der Waals surface area contributed by atoms with Crippen molar-refractivity contribution in [3.63, 3.8) is 0 Å². The number of halogens is 1. The molecule has 16 heavy (non-hydrogen) atoms. The van der Waals surface area contributed by atoms with E-state index in [1.54, 1.807) is 0 Å². The van der Waals surface area contributed by atoms with Gasteiger partial charge >= 0.3 is 0 Å². The molecule has 0 bridgehead atoms. The molecule has 0 aliphatic heterocycles. The van der Waals surface area contributed by atoms with Crippen molar-refractivity contribution in [3.05, 3.63) is 53.1 Å². The number of aryl methyl sites for hydroxylation is 2. The van der Waals surface area contributed by atoms with Crippen LogP contribution in [0.15, 0.2) is 30.7 Å². The molecule has 0 unspecified atom stereocenters. The molecule has 2 rings (SSSR count). The fourth-order valence-corrected chi connectivity index (χ4v) is 1.87. The van der Waals surface area contributed by atoms with E-state index < -0.39 is 0 Å². The predicted molar refractivity (Wildman–Crippen MR) is 66.8 cm³/mol. The van der Waals surface area contributed by atoms with E-state index in [4.69, 9.17) is 11.6 Å². The van der Waals surface area contributed by atoms with Crippen molar-refractivity contribution in [2.24, 2.45) is 0 Å². The van der Waals surface area contributed by atoms with Gasteiger partial charge in [-0.2, -0.15) is 0 Å². The van der Waals surface area contributed by atoms with Gasteiger partial charge in [0, 0.05) is 12.7 Å². The van der Waals surface area contributed by atoms with E-state index in [2.05, 4.69) is 41.6 Å². The first-order valence-electron chi connectivity index (χ1n) is 5.32. The summed E-state index contributed by atoms with van der Waals surface area (Å²) in [5.41, 5.74) is 4.86. The Kier molecular flexibility index (Phi) is 3.30. The van der Waals surface area contributed by atoms with Crippen LogP contribution in [-0.4, -0.2) is 9.55 Å². The van der Waals surface area contributed by atoms with Crippen LogP contribution in [0.5, 0.6) is 0 Å². The molecule has 0 saturated heterocycles. The number of hydrogen-bond acceptors (Lipinski definition) is 1. The molecule has 0 amide bonds. The lowest BCUT2D eigenvalue weighted by Crippen LogP contribution is -1.99. The Morgan fingerprint density at radius 2 is 2.12 bits per heavy atom. The van der Waals surface area contributed by atoms with Crippen LogP contribution >= 0.6 is 11.6 Å². The molecule has 84 valence electrons. The van der Waals surface area contributed by atoms with Gasteiger partial charge in [-0.15, -0.1) is 11.6 Å². The van der Waals surface area contributed by atoms with Crippen LogP contribution < -0.4 is 0 Å². The largest absolute Gasteiger partial charge is 0.333 e. The van der Waals surface area contributed by atoms with Gasteiger partial charge in [-0.25, -0.2) is 4.98 Å². The van der Waals surface area contributed by atoms with Crippen molar-refractivity contribution in [3.8, 4) is 0 Å². The van der Waals surface area contributed by atoms with Crippen LogP contribution in [0.1, 0.15) is 22.4 Å². The molecule has 1 aromatic heterocycles. The van der Waals surface area contributed by atoms with Gasteiger partial charge in [0.05, 0.1) is 17.9 Å². The van der Waals surface area contributed by atoms with Crippen molar-refractivity contribution < 1.29 is 0 Å². The van der Waals surface area contributed by atoms with Crippen molar-refractivity contribution in [1.82, 2.24) is 9.55 Å². The second-order valence-corrected chi connectivity index (χ2v) is 4.37. The molecular formula is C13H15ClN2. The monoisotopic (exact) mass is 234 g/mol. The van der Waals surface area contributed by atoms with Crippen LogP contribution in [-0.2, 0) is 12.4 Å². The smallest absolute Gasteiger partial charge is 0.0953 e. The number of hydrogen-bond donors (Lipinski definition) is 0. The van der Waals surface area contributed by atoms with E-state index in [0.29, 0.717) is 5.88 Å². The Balaban J connectivity index is 2.22. The highest BCUT2D eigenvalue weighted by atomic mass is 35.5. The highest BCUT2D eigenvalue weighted by Gasteiger charge is 2.01. The molecule has 2 aromatic rings. The summed E-state index contributed by atoms with van der Waals surface area (Å²) in [6.07, 6.45) is 3.83. The zero-order valence-corrected chi connectivity index (χ0v) is 10.3. The summed E-state index contributed by atoms with van der Waals surface area (Å²) in [7, 11) is 0. The van der Waals surface area contributed by atoms with Gasteiger partial charge < -0.3 is 4.57 Å². The van der Waals surface area contributed by atoms with Crippen LogP contribution in [0.4, 0.5) is 0 Å². The minimum Gasteiger partial charge on any atom is -0.333 e. The highest BCUT2D eigenvalue weighted by Crippen LogP contribution is 2.12. The van der Waals surface area contributed by atoms with Crippen molar-refractivity contribution >= 4 is 11.6 Å². The van der Waals surface area contributed by atoms with Gasteiger partial charge in [-0.3, -0.25) is 0 Å². The van der Waals surface area contributed by atoms with E-state index in [9.17, 15) is 0 Å². The Hall–Kier alpha value is -1.28. The number of benzene rings is 1. The molecular weight excluding hydrogens is 220 g/mol. The predicted octanol–water partition coefficient (Wildman–Crippen LogP) is 3.29. The molecule has 0 spiro atoms. The van der Waals surface area contributed by atoms with Crippen LogP contribution in [0, 0.1) is 13.8 Å². The minimum atomic E-state index is 0.472. The molecule has 0 aliphatic carbocycles. The summed E-state index contributed by atoms with van der Waals surface area (Å²) in [4.78, 5) is 4.21. The Labute approximate surface area is 101 Å². The number of aromatic nitrogens is 2. The van der Waals surface area contributed by atoms with E-state index in [-0.39, 0.29) is 0 Å². The first-order chi connectivity index (χ1) is 7.69. The van der Waals surface area contributed by atoms with Gasteiger partial charge in [-0.1, -0.05) is 23.8 Å². The van der Waals surface area contributed by atoms with Crippen molar-refractivity contribution in [2.75, 3.05) is 0 Å². The summed E-state index contributed by atoms with van der Waals surface area (Å²) < 4.78 is 2.07. The third-order valence-electron chi connectivity index (χ3n) is 2.68. The average Bonchev–Trinajstić information content (AvgIpc) is 2.71. The minimum absolute atomic E-state index is 0.472. The van der Waals surface area contributed by atoms with E-state index >= 15 is 0 Å². The maximum atomic E-state index is 5.72. The molecule has 0 radical (unpaired) electrons. The maximum absolute atomic E-state index is 5.72. The summed E-state index contributed by atoms with van der Waals surface area (Å²) >= 11 is 5.72. The van der Waals surface area contributed by atoms with Crippen molar-refractivity contribution in [1.29, 1.82) is 0 Å². The Bertz CT molecular complexity index is 488. The molecule has 0 aliphatic rings. The lowest BCUT2D eigenvalue weighted by Gasteiger charge is -2.07. The molecule has 3 heteroatoms. The van der Waals surface area contributed by atoms with Crippen molar-refractivity contribution in [2.45, 2.75) is 26.3 Å². The quantitative estimate of drug-likeness (QED) is 0.746. The van der Waals surface area contributed by atoms with E-state index in [1.807, 2.05) is 12.5 Å². The van der Waals surface area contributed by atoms with Gasteiger partial charge in [0.1, 0.15) is 0 Å². The molecule has 0 atom stereocenters. The first-order valence-corrected chi connectivity index (χ1v) is 5.85. The summed E-state index contributed by atoms with van der Waals surface area (Å²) in [6.45, 7) is 5.10. The zero-order chi connectivity index (χ0) is 11.5. The number of imidazole rings is 1. The second-order valence-electron chi connectivity index (χ2n) is 4.10. The van der Waals surface area contributed by atoms with Crippen LogP contribution in [0.3, 0.4) is 0 Å². The maximum Gasteiger partial charge on any atom is 0.0953 e. The van der Waals surface area contributed by atoms with Crippen LogP contribution in [0.2, 0.25) is 0 Å². The first kappa shape index (κ1) is 11.2. The normalized spacial score (nSPS) is 10.7. The fourth-order valence-electron chi connectivity index (χ4n) is 1.73. The molecule has 0 saturated carbocycles. The van der Waals surface area contributed by atoms with Crippen LogP contribution in [0.25, 0.3) is 0 Å².